The highest BCUT2D eigenvalue weighted by molar-refractivity contribution is 5.95. The second-order valence-corrected chi connectivity index (χ2v) is 6.08. The number of aromatic nitrogens is 2. The van der Waals surface area contributed by atoms with Gasteiger partial charge in [-0.05, 0) is 42.8 Å². The molecule has 0 unspecified atom stereocenters. The number of carbonyl (C=O) groups excluding carboxylic acids is 2. The molecule has 1 aromatic heterocycles. The van der Waals surface area contributed by atoms with Crippen LogP contribution in [-0.4, -0.2) is 34.9 Å². The van der Waals surface area contributed by atoms with Crippen LogP contribution in [0.25, 0.3) is 11.0 Å². The number of aromatic amines is 1. The molecule has 0 aliphatic carbocycles. The average Bonchev–Trinajstić information content (AvgIpc) is 3.25. The Hall–Kier alpha value is -3.35. The van der Waals surface area contributed by atoms with Crippen LogP contribution in [0.4, 0.5) is 11.6 Å². The fourth-order valence-electron chi connectivity index (χ4n) is 2.97. The Balaban J connectivity index is 1.33. The number of para-hydroxylation sites is 2. The molecule has 7 nitrogen and oxygen atoms in total. The molecule has 132 valence electrons. The average molecular weight is 350 g/mol. The van der Waals surface area contributed by atoms with Crippen LogP contribution in [0, 0.1) is 0 Å². The standard InChI is InChI=1S/C19H18N4O3/c24-17(22-19-20-15-4-1-2-5-16(15)21-19)12-26-14-9-7-13(8-10-14)23-11-3-6-18(23)25/h1-2,4-5,7-10H,3,6,11-12H2,(H2,20,21,22,24). The molecule has 1 aliphatic heterocycles. The fraction of sp³-hybridized carbons (Fsp3) is 0.211. The highest BCUT2D eigenvalue weighted by atomic mass is 16.5. The summed E-state index contributed by atoms with van der Waals surface area (Å²) in [6.45, 7) is 0.623. The number of nitrogens with one attached hydrogen (secondary N) is 2. The van der Waals surface area contributed by atoms with Crippen molar-refractivity contribution >= 4 is 34.5 Å². The zero-order valence-electron chi connectivity index (χ0n) is 14.1. The van der Waals surface area contributed by atoms with Gasteiger partial charge in [-0.2, -0.15) is 0 Å². The minimum Gasteiger partial charge on any atom is -0.484 e. The maximum atomic E-state index is 12.0. The molecule has 1 fully saturated rings. The normalized spacial score (nSPS) is 14.0. The highest BCUT2D eigenvalue weighted by Crippen LogP contribution is 2.23. The van der Waals surface area contributed by atoms with E-state index in [4.69, 9.17) is 4.74 Å². The fourth-order valence-corrected chi connectivity index (χ4v) is 2.97. The van der Waals surface area contributed by atoms with E-state index in [0.29, 0.717) is 18.1 Å². The van der Waals surface area contributed by atoms with Gasteiger partial charge < -0.3 is 14.6 Å². The predicted molar refractivity (Wildman–Crippen MR) is 98.2 cm³/mol. The molecule has 26 heavy (non-hydrogen) atoms. The molecule has 0 bridgehead atoms. The molecule has 0 saturated carbocycles. The third-order valence-electron chi connectivity index (χ3n) is 4.24. The van der Waals surface area contributed by atoms with Crippen molar-refractivity contribution in [2.45, 2.75) is 12.8 Å². The second-order valence-electron chi connectivity index (χ2n) is 6.08. The smallest absolute Gasteiger partial charge is 0.264 e. The molecule has 0 spiro atoms. The summed E-state index contributed by atoms with van der Waals surface area (Å²) in [7, 11) is 0. The Kier molecular flexibility index (Phi) is 4.27. The van der Waals surface area contributed by atoms with Crippen LogP contribution in [-0.2, 0) is 9.59 Å². The van der Waals surface area contributed by atoms with E-state index in [9.17, 15) is 9.59 Å². The van der Waals surface area contributed by atoms with E-state index >= 15 is 0 Å². The summed E-state index contributed by atoms with van der Waals surface area (Å²) in [6.07, 6.45) is 1.49. The number of imidazole rings is 1. The van der Waals surface area contributed by atoms with Crippen LogP contribution in [0.15, 0.2) is 48.5 Å². The van der Waals surface area contributed by atoms with Gasteiger partial charge in [0.1, 0.15) is 5.75 Å². The van der Waals surface area contributed by atoms with Crippen molar-refractivity contribution in [3.8, 4) is 5.75 Å². The van der Waals surface area contributed by atoms with Gasteiger partial charge in [0.15, 0.2) is 6.61 Å². The van der Waals surface area contributed by atoms with E-state index in [2.05, 4.69) is 15.3 Å². The number of anilines is 2. The lowest BCUT2D eigenvalue weighted by molar-refractivity contribution is -0.118. The van der Waals surface area contributed by atoms with Crippen LogP contribution >= 0.6 is 0 Å². The summed E-state index contributed by atoms with van der Waals surface area (Å²) in [4.78, 5) is 32.9. The SMILES string of the molecule is O=C(COc1ccc(N2CCCC2=O)cc1)Nc1nc2ccccc2[nH]1. The van der Waals surface area contributed by atoms with E-state index in [0.717, 1.165) is 29.7 Å². The molecular formula is C19H18N4O3. The highest BCUT2D eigenvalue weighted by Gasteiger charge is 2.21. The summed E-state index contributed by atoms with van der Waals surface area (Å²) >= 11 is 0. The molecule has 1 saturated heterocycles. The zero-order chi connectivity index (χ0) is 17.9. The van der Waals surface area contributed by atoms with Crippen molar-refractivity contribution in [1.29, 1.82) is 0 Å². The van der Waals surface area contributed by atoms with Gasteiger partial charge in [0.2, 0.25) is 11.9 Å². The van der Waals surface area contributed by atoms with E-state index in [-0.39, 0.29) is 18.4 Å². The van der Waals surface area contributed by atoms with Gasteiger partial charge >= 0.3 is 0 Å². The van der Waals surface area contributed by atoms with Gasteiger partial charge in [-0.3, -0.25) is 14.9 Å². The molecule has 7 heteroatoms. The topological polar surface area (TPSA) is 87.3 Å². The number of hydrogen-bond acceptors (Lipinski definition) is 4. The minimum atomic E-state index is -0.303. The van der Waals surface area contributed by atoms with Crippen LogP contribution < -0.4 is 15.0 Å². The molecule has 2 N–H and O–H groups in total. The quantitative estimate of drug-likeness (QED) is 0.741. The number of nitrogens with zero attached hydrogens (tertiary/aromatic N) is 2. The number of benzene rings is 2. The molecule has 2 heterocycles. The first-order valence-corrected chi connectivity index (χ1v) is 8.47. The van der Waals surface area contributed by atoms with Gasteiger partial charge in [-0.1, -0.05) is 12.1 Å². The van der Waals surface area contributed by atoms with E-state index in [1.807, 2.05) is 36.4 Å². The van der Waals surface area contributed by atoms with Crippen molar-refractivity contribution in [3.05, 3.63) is 48.5 Å². The third-order valence-corrected chi connectivity index (χ3v) is 4.24. The number of ether oxygens (including phenoxy) is 1. The van der Waals surface area contributed by atoms with Gasteiger partial charge in [-0.25, -0.2) is 4.98 Å². The summed E-state index contributed by atoms with van der Waals surface area (Å²) in [6, 6.07) is 14.7. The monoisotopic (exact) mass is 350 g/mol. The number of rotatable bonds is 5. The first-order chi connectivity index (χ1) is 12.7. The number of amides is 2. The Morgan fingerprint density at radius 3 is 2.73 bits per heavy atom. The Labute approximate surface area is 150 Å². The van der Waals surface area contributed by atoms with Crippen LogP contribution in [0.2, 0.25) is 0 Å². The van der Waals surface area contributed by atoms with E-state index < -0.39 is 0 Å². The molecule has 2 aromatic carbocycles. The summed E-state index contributed by atoms with van der Waals surface area (Å²) in [5.74, 6) is 0.801. The van der Waals surface area contributed by atoms with Crippen molar-refractivity contribution in [2.75, 3.05) is 23.4 Å². The molecule has 1 aliphatic rings. The first-order valence-electron chi connectivity index (χ1n) is 8.47. The Morgan fingerprint density at radius 2 is 2.00 bits per heavy atom. The number of H-pyrrole nitrogens is 1. The number of carbonyl (C=O) groups is 2. The Bertz CT molecular complexity index is 916. The van der Waals surface area contributed by atoms with E-state index in [1.54, 1.807) is 17.0 Å². The lowest BCUT2D eigenvalue weighted by Crippen LogP contribution is -2.23. The number of fused-ring (bicyclic) bond motifs is 1. The van der Waals surface area contributed by atoms with Gasteiger partial charge in [-0.15, -0.1) is 0 Å². The maximum absolute atomic E-state index is 12.0. The summed E-state index contributed by atoms with van der Waals surface area (Å²) in [5.41, 5.74) is 2.50. The van der Waals surface area contributed by atoms with E-state index in [1.165, 1.54) is 0 Å². The summed E-state index contributed by atoms with van der Waals surface area (Å²) < 4.78 is 5.50. The van der Waals surface area contributed by atoms with Gasteiger partial charge in [0.25, 0.3) is 5.91 Å². The molecule has 0 atom stereocenters. The maximum Gasteiger partial charge on any atom is 0.264 e. The third kappa shape index (κ3) is 3.37. The van der Waals surface area contributed by atoms with Crippen LogP contribution in [0.3, 0.4) is 0 Å². The van der Waals surface area contributed by atoms with Crippen molar-refractivity contribution < 1.29 is 14.3 Å². The second kappa shape index (κ2) is 6.87. The number of hydrogen-bond donors (Lipinski definition) is 2. The molecule has 0 radical (unpaired) electrons. The lowest BCUT2D eigenvalue weighted by atomic mass is 10.3. The minimum absolute atomic E-state index is 0.126. The zero-order valence-corrected chi connectivity index (χ0v) is 14.1. The van der Waals surface area contributed by atoms with Crippen molar-refractivity contribution in [3.63, 3.8) is 0 Å². The molecule has 4 rings (SSSR count). The van der Waals surface area contributed by atoms with Crippen LogP contribution in [0.1, 0.15) is 12.8 Å². The predicted octanol–water partition coefficient (Wildman–Crippen LogP) is 2.71. The van der Waals surface area contributed by atoms with Gasteiger partial charge in [0, 0.05) is 18.7 Å². The van der Waals surface area contributed by atoms with Crippen LogP contribution in [0.5, 0.6) is 5.75 Å². The first kappa shape index (κ1) is 16.1. The van der Waals surface area contributed by atoms with Crippen molar-refractivity contribution in [1.82, 2.24) is 9.97 Å². The van der Waals surface area contributed by atoms with Crippen molar-refractivity contribution in [2.24, 2.45) is 0 Å². The lowest BCUT2D eigenvalue weighted by Gasteiger charge is -2.16. The molecular weight excluding hydrogens is 332 g/mol. The summed E-state index contributed by atoms with van der Waals surface area (Å²) in [5, 5.41) is 2.68. The largest absolute Gasteiger partial charge is 0.484 e. The molecule has 3 aromatic rings. The van der Waals surface area contributed by atoms with Gasteiger partial charge in [0.05, 0.1) is 11.0 Å². The Morgan fingerprint density at radius 1 is 1.19 bits per heavy atom. The molecule has 2 amide bonds.